The van der Waals surface area contributed by atoms with Crippen molar-refractivity contribution in [2.75, 3.05) is 49.5 Å². The lowest BCUT2D eigenvalue weighted by atomic mass is 9.84. The Hall–Kier alpha value is -1.89. The molecule has 1 saturated carbocycles. The van der Waals surface area contributed by atoms with Gasteiger partial charge in [0.15, 0.2) is 0 Å². The number of aromatic nitrogens is 2. The van der Waals surface area contributed by atoms with E-state index in [0.29, 0.717) is 23.9 Å². The summed E-state index contributed by atoms with van der Waals surface area (Å²) in [5, 5.41) is 3.65. The smallest absolute Gasteiger partial charge is 0.225 e. The number of piperidine rings is 2. The Labute approximate surface area is 193 Å². The van der Waals surface area contributed by atoms with Crippen molar-refractivity contribution in [3.63, 3.8) is 0 Å². The number of hydrogen-bond donors (Lipinski definition) is 1. The van der Waals surface area contributed by atoms with Gasteiger partial charge in [-0.05, 0) is 64.0 Å². The van der Waals surface area contributed by atoms with Crippen LogP contribution in [0.2, 0.25) is 0 Å². The predicted octanol–water partition coefficient (Wildman–Crippen LogP) is 3.52. The van der Waals surface area contributed by atoms with Crippen molar-refractivity contribution in [3.8, 4) is 0 Å². The van der Waals surface area contributed by atoms with Crippen LogP contribution in [0.5, 0.6) is 0 Å². The Kier molecular flexibility index (Phi) is 7.10. The molecule has 7 heteroatoms. The molecule has 1 unspecified atom stereocenters. The first-order valence-corrected chi connectivity index (χ1v) is 13.1. The van der Waals surface area contributed by atoms with Gasteiger partial charge in [-0.15, -0.1) is 0 Å². The molecule has 176 valence electrons. The van der Waals surface area contributed by atoms with Crippen LogP contribution < -0.4 is 10.2 Å². The van der Waals surface area contributed by atoms with Gasteiger partial charge in [0.25, 0.3) is 0 Å². The van der Waals surface area contributed by atoms with E-state index in [1.807, 2.05) is 6.20 Å². The summed E-state index contributed by atoms with van der Waals surface area (Å²) in [6.07, 6.45) is 15.2. The summed E-state index contributed by atoms with van der Waals surface area (Å²) in [4.78, 5) is 29.2. The minimum atomic E-state index is 0.334. The van der Waals surface area contributed by atoms with Gasteiger partial charge in [-0.25, -0.2) is 4.98 Å². The Balaban J connectivity index is 1.13. The number of nitrogens with one attached hydrogen (secondary N) is 1. The van der Waals surface area contributed by atoms with Crippen LogP contribution in [-0.4, -0.2) is 77.0 Å². The second-order valence-electron chi connectivity index (χ2n) is 10.3. The molecule has 3 saturated heterocycles. The zero-order valence-corrected chi connectivity index (χ0v) is 19.6. The Morgan fingerprint density at radius 1 is 0.875 bits per heavy atom. The first kappa shape index (κ1) is 21.9. The molecule has 1 aromatic heterocycles. The molecular formula is C25H40N6O. The maximum atomic E-state index is 12.6. The summed E-state index contributed by atoms with van der Waals surface area (Å²) in [5.74, 6) is 2.61. The van der Waals surface area contributed by atoms with E-state index in [1.54, 1.807) is 0 Å². The topological polar surface area (TPSA) is 64.6 Å². The molecule has 5 rings (SSSR count). The van der Waals surface area contributed by atoms with E-state index in [1.165, 1.54) is 51.5 Å². The van der Waals surface area contributed by atoms with Gasteiger partial charge in [0.2, 0.25) is 11.9 Å². The highest BCUT2D eigenvalue weighted by Crippen LogP contribution is 2.30. The molecule has 4 aliphatic rings. The van der Waals surface area contributed by atoms with Crippen LogP contribution in [0, 0.1) is 5.92 Å². The third-order valence-corrected chi connectivity index (χ3v) is 8.10. The van der Waals surface area contributed by atoms with Crippen LogP contribution in [0.4, 0.5) is 11.8 Å². The van der Waals surface area contributed by atoms with E-state index in [9.17, 15) is 4.79 Å². The van der Waals surface area contributed by atoms with E-state index in [4.69, 9.17) is 4.98 Å². The van der Waals surface area contributed by atoms with E-state index < -0.39 is 0 Å². The lowest BCUT2D eigenvalue weighted by molar-refractivity contribution is -0.139. The quantitative estimate of drug-likeness (QED) is 0.756. The van der Waals surface area contributed by atoms with Crippen LogP contribution in [0.3, 0.4) is 0 Å². The van der Waals surface area contributed by atoms with Gasteiger partial charge in [-0.1, -0.05) is 19.3 Å². The molecule has 7 nitrogen and oxygen atoms in total. The molecule has 1 amide bonds. The third kappa shape index (κ3) is 5.19. The molecule has 1 aromatic rings. The Morgan fingerprint density at radius 3 is 2.38 bits per heavy atom. The normalized spacial score (nSPS) is 26.4. The first-order valence-electron chi connectivity index (χ1n) is 13.1. The maximum absolute atomic E-state index is 12.6. The lowest BCUT2D eigenvalue weighted by Crippen LogP contribution is -2.52. The maximum Gasteiger partial charge on any atom is 0.225 e. The van der Waals surface area contributed by atoms with Gasteiger partial charge in [-0.2, -0.15) is 4.98 Å². The van der Waals surface area contributed by atoms with Gasteiger partial charge in [0, 0.05) is 56.9 Å². The Bertz CT molecular complexity index is 753. The third-order valence-electron chi connectivity index (χ3n) is 8.10. The van der Waals surface area contributed by atoms with Crippen molar-refractivity contribution in [2.24, 2.45) is 5.92 Å². The molecule has 1 N–H and O–H groups in total. The van der Waals surface area contributed by atoms with Gasteiger partial charge in [0.1, 0.15) is 5.82 Å². The zero-order chi connectivity index (χ0) is 21.8. The average Bonchev–Trinajstić information content (AvgIpc) is 3.08. The minimum absolute atomic E-state index is 0.334. The molecule has 0 aromatic carbocycles. The van der Waals surface area contributed by atoms with Crippen LogP contribution in [0.15, 0.2) is 12.3 Å². The molecule has 0 spiro atoms. The monoisotopic (exact) mass is 440 g/mol. The van der Waals surface area contributed by atoms with Gasteiger partial charge in [-0.3, -0.25) is 9.69 Å². The zero-order valence-electron chi connectivity index (χ0n) is 19.6. The highest BCUT2D eigenvalue weighted by molar-refractivity contribution is 5.79. The number of carbonyl (C=O) groups excluding carboxylic acids is 1. The van der Waals surface area contributed by atoms with Crippen LogP contribution in [0.25, 0.3) is 0 Å². The fourth-order valence-corrected chi connectivity index (χ4v) is 5.90. The van der Waals surface area contributed by atoms with Gasteiger partial charge >= 0.3 is 0 Å². The first-order chi connectivity index (χ1) is 15.8. The highest BCUT2D eigenvalue weighted by atomic mass is 16.2. The number of hydrogen-bond acceptors (Lipinski definition) is 6. The fourth-order valence-electron chi connectivity index (χ4n) is 5.90. The van der Waals surface area contributed by atoms with E-state index in [-0.39, 0.29) is 0 Å². The number of anilines is 2. The van der Waals surface area contributed by atoms with Crippen molar-refractivity contribution < 1.29 is 4.79 Å². The Morgan fingerprint density at radius 2 is 1.66 bits per heavy atom. The van der Waals surface area contributed by atoms with Crippen LogP contribution in [-0.2, 0) is 4.79 Å². The van der Waals surface area contributed by atoms with Gasteiger partial charge in [0.05, 0.1) is 0 Å². The molecule has 0 radical (unpaired) electrons. The second-order valence-corrected chi connectivity index (χ2v) is 10.3. The second kappa shape index (κ2) is 10.4. The predicted molar refractivity (Wildman–Crippen MR) is 128 cm³/mol. The van der Waals surface area contributed by atoms with E-state index in [0.717, 1.165) is 70.2 Å². The van der Waals surface area contributed by atoms with Crippen molar-refractivity contribution in [3.05, 3.63) is 12.3 Å². The number of rotatable bonds is 5. The highest BCUT2D eigenvalue weighted by Gasteiger charge is 2.34. The number of amides is 1. The lowest BCUT2D eigenvalue weighted by Gasteiger charge is -2.43. The average molecular weight is 441 g/mol. The largest absolute Gasteiger partial charge is 0.356 e. The summed E-state index contributed by atoms with van der Waals surface area (Å²) in [6.45, 7) is 6.32. The molecular weight excluding hydrogens is 400 g/mol. The number of likely N-dealkylation sites (tertiary alicyclic amines) is 2. The standard InChI is InChI=1S/C25H40N6O/c32-24(20-7-5-8-20)30-17-11-22(12-18-30)31-16-6-9-21(19-31)27-25-26-13-10-23(28-25)29-14-3-1-2-4-15-29/h10,13,20-22H,1-9,11-12,14-19H2,(H,26,27,28). The van der Waals surface area contributed by atoms with Crippen molar-refractivity contribution in [2.45, 2.75) is 82.7 Å². The minimum Gasteiger partial charge on any atom is -0.356 e. The van der Waals surface area contributed by atoms with Crippen LogP contribution in [0.1, 0.15) is 70.6 Å². The van der Waals surface area contributed by atoms with E-state index >= 15 is 0 Å². The molecule has 32 heavy (non-hydrogen) atoms. The summed E-state index contributed by atoms with van der Waals surface area (Å²) in [5.41, 5.74) is 0. The summed E-state index contributed by atoms with van der Waals surface area (Å²) >= 11 is 0. The number of nitrogens with zero attached hydrogens (tertiary/aromatic N) is 5. The molecule has 1 aliphatic carbocycles. The van der Waals surface area contributed by atoms with Crippen molar-refractivity contribution in [1.82, 2.24) is 19.8 Å². The number of carbonyl (C=O) groups is 1. The molecule has 4 fully saturated rings. The summed E-state index contributed by atoms with van der Waals surface area (Å²) in [6, 6.07) is 3.06. The molecule has 0 bridgehead atoms. The van der Waals surface area contributed by atoms with Crippen LogP contribution >= 0.6 is 0 Å². The SMILES string of the molecule is O=C(C1CCC1)N1CCC(N2CCCC(Nc3nccc(N4CCCCCC4)n3)C2)CC1. The van der Waals surface area contributed by atoms with Crippen molar-refractivity contribution in [1.29, 1.82) is 0 Å². The molecule has 4 heterocycles. The molecule has 1 atom stereocenters. The summed E-state index contributed by atoms with van der Waals surface area (Å²) < 4.78 is 0. The van der Waals surface area contributed by atoms with E-state index in [2.05, 4.69) is 31.1 Å². The molecule has 3 aliphatic heterocycles. The fraction of sp³-hybridized carbons (Fsp3) is 0.800. The van der Waals surface area contributed by atoms with Crippen molar-refractivity contribution >= 4 is 17.7 Å². The van der Waals surface area contributed by atoms with Gasteiger partial charge < -0.3 is 15.1 Å². The summed E-state index contributed by atoms with van der Waals surface area (Å²) in [7, 11) is 0.